The minimum absolute atomic E-state index is 0.00607. The van der Waals surface area contributed by atoms with E-state index in [0.29, 0.717) is 44.6 Å². The van der Waals surface area contributed by atoms with Crippen molar-refractivity contribution in [3.63, 3.8) is 0 Å². The van der Waals surface area contributed by atoms with E-state index < -0.39 is 75.7 Å². The minimum atomic E-state index is -1.06. The molecule has 0 saturated heterocycles. The van der Waals surface area contributed by atoms with Crippen LogP contribution in [0.25, 0.3) is 0 Å². The van der Waals surface area contributed by atoms with Gasteiger partial charge in [-0.25, -0.2) is 8.78 Å². The summed E-state index contributed by atoms with van der Waals surface area (Å²) in [6.07, 6.45) is 0.895. The normalized spacial score (nSPS) is 19.5. The topological polar surface area (TPSA) is 207 Å². The molecule has 0 aliphatic carbocycles. The Hall–Kier alpha value is -5.82. The average molecular weight is 924 g/mol. The number of nitrogens with zero attached hydrogens (tertiary/aromatic N) is 4. The molecule has 2 aromatic heterocycles. The third-order valence-electron chi connectivity index (χ3n) is 12.6. The van der Waals surface area contributed by atoms with Crippen LogP contribution in [0.15, 0.2) is 39.9 Å². The van der Waals surface area contributed by atoms with Crippen molar-refractivity contribution in [2.45, 2.75) is 77.3 Å². The number of rotatable bonds is 14. The number of nitrogens with one attached hydrogen (secondary N) is 4. The molecule has 64 heavy (non-hydrogen) atoms. The molecule has 4 aliphatic heterocycles. The molecule has 0 spiro atoms. The van der Waals surface area contributed by atoms with E-state index >= 15 is 4.39 Å². The maximum atomic E-state index is 15.9. The van der Waals surface area contributed by atoms with Crippen molar-refractivity contribution in [3.8, 4) is 11.5 Å². The van der Waals surface area contributed by atoms with Crippen molar-refractivity contribution >= 4 is 46.8 Å². The Morgan fingerprint density at radius 1 is 0.703 bits per heavy atom. The maximum Gasteiger partial charge on any atom is 0.274 e. The van der Waals surface area contributed by atoms with Crippen LogP contribution in [-0.2, 0) is 19.5 Å². The van der Waals surface area contributed by atoms with Crippen molar-refractivity contribution in [2.24, 2.45) is 0 Å². The summed E-state index contributed by atoms with van der Waals surface area (Å²) in [5.41, 5.74) is -2.30. The van der Waals surface area contributed by atoms with Crippen LogP contribution in [-0.4, -0.2) is 92.0 Å². The fourth-order valence-corrected chi connectivity index (χ4v) is 10.2. The number of hydrogen-bond acceptors (Lipinski definition) is 10. The van der Waals surface area contributed by atoms with Gasteiger partial charge in [0.05, 0.1) is 45.6 Å². The van der Waals surface area contributed by atoms with Crippen LogP contribution in [0.4, 0.5) is 8.78 Å². The van der Waals surface area contributed by atoms with Crippen LogP contribution in [0.1, 0.15) is 128 Å². The fourth-order valence-electron chi connectivity index (χ4n) is 9.70. The van der Waals surface area contributed by atoms with Gasteiger partial charge in [0.25, 0.3) is 23.6 Å². The van der Waals surface area contributed by atoms with Gasteiger partial charge in [0.2, 0.25) is 10.9 Å². The average Bonchev–Trinajstić information content (AvgIpc) is 3.80. The second-order valence-electron chi connectivity index (χ2n) is 16.2. The fraction of sp³-hybridized carbons (Fsp3) is 0.409. The first-order chi connectivity index (χ1) is 30.6. The molecule has 4 aliphatic rings. The molecule has 4 atom stereocenters. The van der Waals surface area contributed by atoms with E-state index in [1.54, 1.807) is 22.5 Å². The Morgan fingerprint density at radius 3 is 1.70 bits per heavy atom. The molecule has 1 unspecified atom stereocenters. The SMILES string of the molecule is CCNC1C[C@@H]2CN(CC)C(=O)c3c(O)c(=O)c(C(=O)NCc4ccc(CCN5C[C@H]6C[C@H](NCC)c7c(C(=O)NCc8cccc(Cl)c8F)c(=O)c(O)c(n76)C5=O)c(Cl)c4F)c1n32. The largest absolute Gasteiger partial charge is 0.503 e. The number of aromatic hydroxyl groups is 2. The van der Waals surface area contributed by atoms with Crippen LogP contribution < -0.4 is 32.1 Å². The van der Waals surface area contributed by atoms with E-state index in [0.717, 1.165) is 0 Å². The zero-order valence-corrected chi connectivity index (χ0v) is 36.6. The number of carbonyl (C=O) groups excluding carboxylic acids is 4. The predicted molar refractivity (Wildman–Crippen MR) is 231 cm³/mol. The molecule has 2 aromatic carbocycles. The monoisotopic (exact) mass is 922 g/mol. The first-order valence-electron chi connectivity index (χ1n) is 21.2. The summed E-state index contributed by atoms with van der Waals surface area (Å²) in [5.74, 6) is -6.22. The lowest BCUT2D eigenvalue weighted by Gasteiger charge is -2.34. The molecular weight excluding hydrogens is 877 g/mol. The van der Waals surface area contributed by atoms with Crippen LogP contribution in [0.5, 0.6) is 11.5 Å². The van der Waals surface area contributed by atoms with Gasteiger partial charge in [0, 0.05) is 50.4 Å². The molecule has 338 valence electrons. The van der Waals surface area contributed by atoms with Gasteiger partial charge in [-0.3, -0.25) is 28.8 Å². The molecule has 0 fully saturated rings. The van der Waals surface area contributed by atoms with E-state index in [1.807, 2.05) is 13.8 Å². The Balaban J connectivity index is 0.994. The molecule has 6 N–H and O–H groups in total. The van der Waals surface area contributed by atoms with Gasteiger partial charge in [-0.1, -0.05) is 61.3 Å². The Morgan fingerprint density at radius 2 is 1.19 bits per heavy atom. The molecule has 4 amide bonds. The Kier molecular flexibility index (Phi) is 12.3. The van der Waals surface area contributed by atoms with Gasteiger partial charge in [0.15, 0.2) is 22.9 Å². The van der Waals surface area contributed by atoms with Crippen LogP contribution >= 0.6 is 23.2 Å². The standard InChI is InChI=1S/C44H46Cl2F2N8O8/c1-4-49-26-14-23-18-53(6-3)43(63)35-39(59)37(57)28(33(26)55(23)35)42(62)52-17-22-11-10-20(30(46)32(22)48)12-13-54-19-24-15-27(50-5-2)34-29(38(58)40(60)36(44(54)64)56(24)34)41(61)51-16-21-8-7-9-25(45)31(21)47/h7-11,23-24,26-27,49-50,59-60H,4-6,12-19H2,1-3H3,(H,51,61)(H,52,62)/t23-,24-,26?,27+/m1/s1. The molecule has 0 bridgehead atoms. The summed E-state index contributed by atoms with van der Waals surface area (Å²) >= 11 is 12.4. The number of likely N-dealkylation sites (N-methyl/N-ethyl adjacent to an activating group) is 1. The third kappa shape index (κ3) is 7.39. The van der Waals surface area contributed by atoms with Gasteiger partial charge < -0.3 is 50.4 Å². The van der Waals surface area contributed by atoms with E-state index in [9.17, 15) is 43.4 Å². The van der Waals surface area contributed by atoms with Crippen molar-refractivity contribution in [2.75, 3.05) is 39.3 Å². The van der Waals surface area contributed by atoms with Gasteiger partial charge in [-0.15, -0.1) is 0 Å². The van der Waals surface area contributed by atoms with Crippen molar-refractivity contribution in [1.29, 1.82) is 0 Å². The number of pyridine rings is 2. The highest BCUT2D eigenvalue weighted by atomic mass is 35.5. The second kappa shape index (κ2) is 17.6. The lowest BCUT2D eigenvalue weighted by molar-refractivity contribution is 0.0663. The Labute approximate surface area is 375 Å². The number of benzene rings is 2. The number of halogens is 4. The molecule has 0 saturated carbocycles. The van der Waals surface area contributed by atoms with Gasteiger partial charge in [0.1, 0.15) is 22.8 Å². The number of aromatic nitrogens is 2. The Bertz CT molecular complexity index is 2760. The summed E-state index contributed by atoms with van der Waals surface area (Å²) in [4.78, 5) is 84.9. The zero-order chi connectivity index (χ0) is 45.9. The molecule has 20 heteroatoms. The molecule has 0 radical (unpaired) electrons. The number of carbonyl (C=O) groups is 4. The molecule has 16 nitrogen and oxygen atoms in total. The van der Waals surface area contributed by atoms with Gasteiger partial charge >= 0.3 is 0 Å². The smallest absolute Gasteiger partial charge is 0.274 e. The third-order valence-corrected chi connectivity index (χ3v) is 13.3. The van der Waals surface area contributed by atoms with E-state index in [-0.39, 0.29) is 93.7 Å². The maximum absolute atomic E-state index is 15.9. The number of amides is 4. The van der Waals surface area contributed by atoms with Crippen molar-refractivity contribution < 1.29 is 38.2 Å². The molecular formula is C44H46Cl2F2N8O8. The van der Waals surface area contributed by atoms with Crippen molar-refractivity contribution in [3.05, 3.63) is 123 Å². The summed E-state index contributed by atoms with van der Waals surface area (Å²) < 4.78 is 33.6. The van der Waals surface area contributed by atoms with E-state index in [2.05, 4.69) is 21.3 Å². The first-order valence-corrected chi connectivity index (χ1v) is 21.9. The highest BCUT2D eigenvalue weighted by molar-refractivity contribution is 6.31. The highest BCUT2D eigenvalue weighted by Crippen LogP contribution is 2.44. The van der Waals surface area contributed by atoms with Crippen molar-refractivity contribution in [1.82, 2.24) is 40.2 Å². The minimum Gasteiger partial charge on any atom is -0.503 e. The highest BCUT2D eigenvalue weighted by Gasteiger charge is 2.46. The second-order valence-corrected chi connectivity index (χ2v) is 17.0. The lowest BCUT2D eigenvalue weighted by atomic mass is 10.0. The summed E-state index contributed by atoms with van der Waals surface area (Å²) in [6.45, 7) is 6.64. The molecule has 8 rings (SSSR count). The summed E-state index contributed by atoms with van der Waals surface area (Å²) in [6, 6.07) is 5.51. The van der Waals surface area contributed by atoms with E-state index in [4.69, 9.17) is 23.2 Å². The van der Waals surface area contributed by atoms with Crippen LogP contribution in [0.2, 0.25) is 10.0 Å². The predicted octanol–water partition coefficient (Wildman–Crippen LogP) is 4.23. The van der Waals surface area contributed by atoms with Crippen LogP contribution in [0, 0.1) is 11.6 Å². The first kappa shape index (κ1) is 44.8. The summed E-state index contributed by atoms with van der Waals surface area (Å²) in [7, 11) is 0. The van der Waals surface area contributed by atoms with Crippen LogP contribution in [0.3, 0.4) is 0 Å². The zero-order valence-electron chi connectivity index (χ0n) is 35.1. The van der Waals surface area contributed by atoms with Gasteiger partial charge in [-0.05, 0) is 50.9 Å². The summed E-state index contributed by atoms with van der Waals surface area (Å²) in [5, 5.41) is 33.5. The lowest BCUT2D eigenvalue weighted by Crippen LogP contribution is -2.45. The number of hydrogen-bond donors (Lipinski definition) is 6. The molecule has 6 heterocycles. The quantitative estimate of drug-likeness (QED) is 0.106. The van der Waals surface area contributed by atoms with Gasteiger partial charge in [-0.2, -0.15) is 0 Å². The van der Waals surface area contributed by atoms with E-state index in [1.165, 1.54) is 33.7 Å². The molecule has 4 aromatic rings.